The predicted octanol–water partition coefficient (Wildman–Crippen LogP) is 3.74. The van der Waals surface area contributed by atoms with E-state index in [4.69, 9.17) is 5.26 Å². The van der Waals surface area contributed by atoms with Gasteiger partial charge in [-0.25, -0.2) is 4.98 Å². The first-order valence-corrected chi connectivity index (χ1v) is 5.96. The van der Waals surface area contributed by atoms with Crippen LogP contribution in [-0.4, -0.2) is 4.98 Å². The van der Waals surface area contributed by atoms with Crippen molar-refractivity contribution in [1.82, 2.24) is 4.98 Å². The smallest absolute Gasteiger partial charge is 0.101 e. The summed E-state index contributed by atoms with van der Waals surface area (Å²) < 4.78 is 0. The van der Waals surface area contributed by atoms with Crippen LogP contribution in [0.15, 0.2) is 65.8 Å². The van der Waals surface area contributed by atoms with Gasteiger partial charge in [0, 0.05) is 17.2 Å². The lowest BCUT2D eigenvalue weighted by Gasteiger charge is -2.04. The van der Waals surface area contributed by atoms with E-state index in [1.165, 1.54) is 11.8 Å². The van der Waals surface area contributed by atoms with Crippen LogP contribution in [0.5, 0.6) is 0 Å². The second-order valence-electron chi connectivity index (χ2n) is 3.27. The van der Waals surface area contributed by atoms with Crippen molar-refractivity contribution in [2.75, 3.05) is 0 Å². The van der Waals surface area contributed by atoms with Crippen LogP contribution in [0.2, 0.25) is 0 Å². The van der Waals surface area contributed by atoms with Gasteiger partial charge in [-0.3, -0.25) is 0 Å². The Kier molecular flexibility index (Phi) is 3.95. The molecular weight excluding hydrogens is 228 g/mol. The number of pyridine rings is 1. The number of rotatable bonds is 3. The van der Waals surface area contributed by atoms with Crippen molar-refractivity contribution in [2.45, 2.75) is 5.03 Å². The fourth-order valence-corrected chi connectivity index (χ4v) is 2.20. The van der Waals surface area contributed by atoms with Gasteiger partial charge in [0.15, 0.2) is 0 Å². The highest BCUT2D eigenvalue weighted by molar-refractivity contribution is 8.08. The largest absolute Gasteiger partial charge is 0.250 e. The Bertz CT molecular complexity index is 541. The van der Waals surface area contributed by atoms with Crippen LogP contribution in [0.4, 0.5) is 0 Å². The van der Waals surface area contributed by atoms with Crippen LogP contribution in [0.25, 0.3) is 4.91 Å². The van der Waals surface area contributed by atoms with E-state index >= 15 is 0 Å². The monoisotopic (exact) mass is 238 g/mol. The second kappa shape index (κ2) is 5.88. The summed E-state index contributed by atoms with van der Waals surface area (Å²) >= 11 is 1.49. The van der Waals surface area contributed by atoms with E-state index in [9.17, 15) is 0 Å². The molecule has 2 nitrogen and oxygen atoms in total. The minimum absolute atomic E-state index is 0.887. The molecule has 82 valence electrons. The Labute approximate surface area is 105 Å². The molecule has 1 aromatic heterocycles. The first-order valence-electron chi connectivity index (χ1n) is 5.14. The number of hydrogen-bond donors (Lipinski definition) is 0. The molecule has 0 aliphatic heterocycles. The van der Waals surface area contributed by atoms with Gasteiger partial charge in [-0.15, -0.1) is 0 Å². The molecule has 0 saturated carbocycles. The van der Waals surface area contributed by atoms with Gasteiger partial charge in [-0.2, -0.15) is 5.26 Å². The molecule has 0 aliphatic carbocycles. The molecule has 0 radical (unpaired) electrons. The van der Waals surface area contributed by atoms with Crippen LogP contribution < -0.4 is 0 Å². The van der Waals surface area contributed by atoms with Gasteiger partial charge >= 0.3 is 0 Å². The Balaban J connectivity index is 2.27. The van der Waals surface area contributed by atoms with Crippen molar-refractivity contribution >= 4 is 16.7 Å². The van der Waals surface area contributed by atoms with Crippen molar-refractivity contribution in [3.05, 3.63) is 66.4 Å². The summed E-state index contributed by atoms with van der Waals surface area (Å²) in [5.74, 6) is 0. The maximum absolute atomic E-state index is 8.82. The third kappa shape index (κ3) is 3.20. The summed E-state index contributed by atoms with van der Waals surface area (Å²) in [7, 11) is 0. The third-order valence-electron chi connectivity index (χ3n) is 2.11. The van der Waals surface area contributed by atoms with Crippen molar-refractivity contribution < 1.29 is 0 Å². The lowest BCUT2D eigenvalue weighted by molar-refractivity contribution is 1.14. The molecule has 0 aliphatic rings. The lowest BCUT2D eigenvalue weighted by Crippen LogP contribution is -1.82. The number of thioether (sulfide) groups is 1. The average Bonchev–Trinajstić information content (AvgIpc) is 2.40. The first-order chi connectivity index (χ1) is 8.40. The summed E-state index contributed by atoms with van der Waals surface area (Å²) in [4.78, 5) is 5.15. The number of allylic oxidation sites excluding steroid dienone is 1. The normalized spacial score (nSPS) is 10.9. The zero-order valence-corrected chi connectivity index (χ0v) is 9.89. The Morgan fingerprint density at radius 3 is 2.53 bits per heavy atom. The minimum Gasteiger partial charge on any atom is -0.250 e. The standard InChI is InChI=1S/C14H10N2S/c15-10-9-13(12-6-2-1-3-7-12)17-14-8-4-5-11-16-14/h1-9,11H. The van der Waals surface area contributed by atoms with Crippen LogP contribution in [0, 0.1) is 11.3 Å². The molecule has 2 rings (SSSR count). The van der Waals surface area contributed by atoms with Gasteiger partial charge in [0.05, 0.1) is 6.07 Å². The zero-order chi connectivity index (χ0) is 11.9. The van der Waals surface area contributed by atoms with Gasteiger partial charge in [-0.1, -0.05) is 48.2 Å². The van der Waals surface area contributed by atoms with Gasteiger partial charge in [0.1, 0.15) is 5.03 Å². The van der Waals surface area contributed by atoms with E-state index < -0.39 is 0 Å². The van der Waals surface area contributed by atoms with Gasteiger partial charge in [-0.05, 0) is 17.7 Å². The Morgan fingerprint density at radius 1 is 1.12 bits per heavy atom. The molecular formula is C14H10N2S. The molecule has 0 saturated heterocycles. The number of benzene rings is 1. The summed E-state index contributed by atoms with van der Waals surface area (Å²) in [6.07, 6.45) is 3.30. The van der Waals surface area contributed by atoms with E-state index in [2.05, 4.69) is 11.1 Å². The molecule has 1 heterocycles. The molecule has 0 bridgehead atoms. The Hall–Kier alpha value is -2.05. The highest BCUT2D eigenvalue weighted by Crippen LogP contribution is 2.32. The van der Waals surface area contributed by atoms with Crippen LogP contribution in [-0.2, 0) is 0 Å². The van der Waals surface area contributed by atoms with Gasteiger partial charge < -0.3 is 0 Å². The molecule has 2 aromatic rings. The molecule has 0 spiro atoms. The predicted molar refractivity (Wildman–Crippen MR) is 70.1 cm³/mol. The number of nitriles is 1. The number of aromatic nitrogens is 1. The minimum atomic E-state index is 0.887. The van der Waals surface area contributed by atoms with Crippen LogP contribution >= 0.6 is 11.8 Å². The molecule has 0 amide bonds. The highest BCUT2D eigenvalue weighted by Gasteiger charge is 2.04. The molecule has 1 aromatic carbocycles. The molecule has 3 heteroatoms. The first kappa shape index (κ1) is 11.4. The van der Waals surface area contributed by atoms with E-state index in [-0.39, 0.29) is 0 Å². The molecule has 0 N–H and O–H groups in total. The van der Waals surface area contributed by atoms with Gasteiger partial charge in [0.2, 0.25) is 0 Å². The molecule has 17 heavy (non-hydrogen) atoms. The Morgan fingerprint density at radius 2 is 1.88 bits per heavy atom. The van der Waals surface area contributed by atoms with Crippen molar-refractivity contribution in [1.29, 1.82) is 5.26 Å². The van der Waals surface area contributed by atoms with Crippen LogP contribution in [0.3, 0.4) is 0 Å². The van der Waals surface area contributed by atoms with Crippen molar-refractivity contribution in [3.8, 4) is 6.07 Å². The van der Waals surface area contributed by atoms with Crippen LogP contribution in [0.1, 0.15) is 5.56 Å². The van der Waals surface area contributed by atoms with Crippen molar-refractivity contribution in [3.63, 3.8) is 0 Å². The van der Waals surface area contributed by atoms with E-state index in [0.717, 1.165) is 15.5 Å². The lowest BCUT2D eigenvalue weighted by atomic mass is 10.2. The maximum Gasteiger partial charge on any atom is 0.101 e. The summed E-state index contributed by atoms with van der Waals surface area (Å²) in [6, 6.07) is 17.7. The quantitative estimate of drug-likeness (QED) is 0.603. The fraction of sp³-hybridized carbons (Fsp3) is 0. The van der Waals surface area contributed by atoms with Crippen molar-refractivity contribution in [2.24, 2.45) is 0 Å². The molecule has 0 fully saturated rings. The third-order valence-corrected chi connectivity index (χ3v) is 3.13. The summed E-state index contributed by atoms with van der Waals surface area (Å²) in [5, 5.41) is 9.70. The molecule has 0 atom stereocenters. The summed E-state index contributed by atoms with van der Waals surface area (Å²) in [5.41, 5.74) is 1.03. The fourth-order valence-electron chi connectivity index (χ4n) is 1.35. The SMILES string of the molecule is N#CC=C(Sc1ccccn1)c1ccccc1. The van der Waals surface area contributed by atoms with E-state index in [0.29, 0.717) is 0 Å². The number of nitrogens with zero attached hydrogens (tertiary/aromatic N) is 2. The highest BCUT2D eigenvalue weighted by atomic mass is 32.2. The van der Waals surface area contributed by atoms with E-state index in [1.54, 1.807) is 12.3 Å². The second-order valence-corrected chi connectivity index (χ2v) is 4.34. The maximum atomic E-state index is 8.82. The van der Waals surface area contributed by atoms with Gasteiger partial charge in [0.25, 0.3) is 0 Å². The van der Waals surface area contributed by atoms with E-state index in [1.807, 2.05) is 48.5 Å². The molecule has 0 unspecified atom stereocenters. The summed E-state index contributed by atoms with van der Waals surface area (Å²) in [6.45, 7) is 0. The zero-order valence-electron chi connectivity index (χ0n) is 9.08. The average molecular weight is 238 g/mol. The number of hydrogen-bond acceptors (Lipinski definition) is 3. The topological polar surface area (TPSA) is 36.7 Å².